The van der Waals surface area contributed by atoms with E-state index in [1.165, 1.54) is 12.1 Å². The smallest absolute Gasteiger partial charge is 0.416 e. The summed E-state index contributed by atoms with van der Waals surface area (Å²) in [5.74, 6) is 0.899. The van der Waals surface area contributed by atoms with Crippen LogP contribution >= 0.6 is 0 Å². The van der Waals surface area contributed by atoms with E-state index >= 15 is 0 Å². The van der Waals surface area contributed by atoms with Crippen molar-refractivity contribution >= 4 is 5.96 Å². The van der Waals surface area contributed by atoms with Crippen LogP contribution in [0.2, 0.25) is 0 Å². The zero-order valence-electron chi connectivity index (χ0n) is 16.8. The lowest BCUT2D eigenvalue weighted by atomic mass is 10.2. The summed E-state index contributed by atoms with van der Waals surface area (Å²) in [6.07, 6.45) is -3.31. The van der Waals surface area contributed by atoms with Crippen molar-refractivity contribution < 1.29 is 23.0 Å². The molecule has 1 atom stereocenters. The SMILES string of the molecule is CCNC(=NCC(O)COc1ccc(C(F)(F)F)cc1)N(C)Cc1cccn1C. The fourth-order valence-electron chi connectivity index (χ4n) is 2.63. The zero-order chi connectivity index (χ0) is 21.4. The van der Waals surface area contributed by atoms with Gasteiger partial charge in [-0.2, -0.15) is 13.2 Å². The average Bonchev–Trinajstić information content (AvgIpc) is 3.07. The third-order valence-corrected chi connectivity index (χ3v) is 4.22. The number of ether oxygens (including phenoxy) is 1. The van der Waals surface area contributed by atoms with E-state index in [2.05, 4.69) is 10.3 Å². The molecular formula is C20H27F3N4O2. The van der Waals surface area contributed by atoms with Crippen molar-refractivity contribution in [2.75, 3.05) is 26.7 Å². The lowest BCUT2D eigenvalue weighted by Gasteiger charge is -2.23. The molecule has 0 fully saturated rings. The van der Waals surface area contributed by atoms with E-state index in [1.807, 2.05) is 48.8 Å². The van der Waals surface area contributed by atoms with Gasteiger partial charge < -0.3 is 24.6 Å². The molecule has 9 heteroatoms. The average molecular weight is 412 g/mol. The Bertz CT molecular complexity index is 788. The topological polar surface area (TPSA) is 62.0 Å². The van der Waals surface area contributed by atoms with Gasteiger partial charge in [-0.1, -0.05) is 0 Å². The molecule has 6 nitrogen and oxygen atoms in total. The molecule has 2 N–H and O–H groups in total. The molecule has 2 aromatic rings. The van der Waals surface area contributed by atoms with Gasteiger partial charge in [-0.05, 0) is 43.3 Å². The Hall–Kier alpha value is -2.68. The molecule has 1 unspecified atom stereocenters. The molecule has 0 bridgehead atoms. The standard InChI is InChI=1S/C20H27F3N4O2/c1-4-24-19(27(3)13-16-6-5-11-26(16)2)25-12-17(28)14-29-18-9-7-15(8-10-18)20(21,22)23/h5-11,17,28H,4,12-14H2,1-3H3,(H,24,25). The van der Waals surface area contributed by atoms with Gasteiger partial charge >= 0.3 is 6.18 Å². The van der Waals surface area contributed by atoms with E-state index < -0.39 is 17.8 Å². The van der Waals surface area contributed by atoms with Crippen molar-refractivity contribution in [2.45, 2.75) is 25.7 Å². The number of guanidine groups is 1. The van der Waals surface area contributed by atoms with Gasteiger partial charge in [-0.15, -0.1) is 0 Å². The Morgan fingerprint density at radius 2 is 1.97 bits per heavy atom. The summed E-state index contributed by atoms with van der Waals surface area (Å²) >= 11 is 0. The van der Waals surface area contributed by atoms with Gasteiger partial charge in [0.05, 0.1) is 18.7 Å². The summed E-state index contributed by atoms with van der Waals surface area (Å²) in [4.78, 5) is 6.37. The zero-order valence-corrected chi connectivity index (χ0v) is 16.8. The Morgan fingerprint density at radius 3 is 2.52 bits per heavy atom. The minimum atomic E-state index is -4.39. The largest absolute Gasteiger partial charge is 0.491 e. The van der Waals surface area contributed by atoms with Gasteiger partial charge in [0.25, 0.3) is 0 Å². The van der Waals surface area contributed by atoms with Gasteiger partial charge in [-0.3, -0.25) is 4.99 Å². The number of aliphatic imine (C=N–C) groups is 1. The molecule has 1 aromatic heterocycles. The van der Waals surface area contributed by atoms with E-state index in [4.69, 9.17) is 4.74 Å². The molecule has 0 saturated carbocycles. The van der Waals surface area contributed by atoms with E-state index in [9.17, 15) is 18.3 Å². The molecule has 1 heterocycles. The second kappa shape index (κ2) is 10.2. The number of nitrogens with one attached hydrogen (secondary N) is 1. The molecule has 0 saturated heterocycles. The number of aromatic nitrogens is 1. The quantitative estimate of drug-likeness (QED) is 0.517. The van der Waals surface area contributed by atoms with Gasteiger partial charge in [0.1, 0.15) is 18.5 Å². The van der Waals surface area contributed by atoms with Crippen LogP contribution in [0.5, 0.6) is 5.75 Å². The number of nitrogens with zero attached hydrogens (tertiary/aromatic N) is 3. The molecule has 0 aliphatic heterocycles. The fraction of sp³-hybridized carbons (Fsp3) is 0.450. The molecule has 160 valence electrons. The van der Waals surface area contributed by atoms with E-state index in [1.54, 1.807) is 0 Å². The Labute approximate surface area is 168 Å². The number of alkyl halides is 3. The minimum absolute atomic E-state index is 0.0736. The number of hydrogen-bond acceptors (Lipinski definition) is 3. The number of rotatable bonds is 8. The summed E-state index contributed by atoms with van der Waals surface area (Å²) in [6, 6.07) is 8.35. The molecule has 29 heavy (non-hydrogen) atoms. The maximum Gasteiger partial charge on any atom is 0.416 e. The van der Waals surface area contributed by atoms with Gasteiger partial charge in [0.2, 0.25) is 0 Å². The van der Waals surface area contributed by atoms with Crippen molar-refractivity contribution in [1.82, 2.24) is 14.8 Å². The van der Waals surface area contributed by atoms with Gasteiger partial charge in [0, 0.05) is 32.5 Å². The maximum absolute atomic E-state index is 12.6. The van der Waals surface area contributed by atoms with Crippen molar-refractivity contribution in [2.24, 2.45) is 12.0 Å². The first kappa shape index (κ1) is 22.6. The van der Waals surface area contributed by atoms with Crippen molar-refractivity contribution in [3.8, 4) is 5.75 Å². The monoisotopic (exact) mass is 412 g/mol. The molecular weight excluding hydrogens is 385 g/mol. The second-order valence-electron chi connectivity index (χ2n) is 6.65. The van der Waals surface area contributed by atoms with Crippen LogP contribution in [0.25, 0.3) is 0 Å². The highest BCUT2D eigenvalue weighted by Gasteiger charge is 2.30. The molecule has 1 aromatic carbocycles. The number of aryl methyl sites for hydroxylation is 1. The van der Waals surface area contributed by atoms with E-state index in [0.717, 1.165) is 17.8 Å². The summed E-state index contributed by atoms with van der Waals surface area (Å²) in [5.41, 5.74) is 0.371. The molecule has 2 rings (SSSR count). The number of halogens is 3. The molecule has 0 aliphatic rings. The predicted octanol–water partition coefficient (Wildman–Crippen LogP) is 2.88. The normalized spacial score (nSPS) is 13.3. The molecule has 0 amide bonds. The summed E-state index contributed by atoms with van der Waals surface area (Å²) in [5, 5.41) is 13.3. The highest BCUT2D eigenvalue weighted by atomic mass is 19.4. The summed E-state index contributed by atoms with van der Waals surface area (Å²) < 4.78 is 45.1. The predicted molar refractivity (Wildman–Crippen MR) is 106 cm³/mol. The molecule has 0 spiro atoms. The number of hydrogen-bond donors (Lipinski definition) is 2. The highest BCUT2D eigenvalue weighted by Crippen LogP contribution is 2.30. The van der Waals surface area contributed by atoms with Crippen LogP contribution in [-0.4, -0.2) is 53.4 Å². The number of benzene rings is 1. The third-order valence-electron chi connectivity index (χ3n) is 4.22. The first-order valence-corrected chi connectivity index (χ1v) is 9.28. The van der Waals surface area contributed by atoms with Crippen LogP contribution < -0.4 is 10.1 Å². The van der Waals surface area contributed by atoms with Gasteiger partial charge in [0.15, 0.2) is 5.96 Å². The molecule has 0 aliphatic carbocycles. The van der Waals surface area contributed by atoms with Crippen LogP contribution in [0, 0.1) is 0 Å². The van der Waals surface area contributed by atoms with Crippen LogP contribution in [0.4, 0.5) is 13.2 Å². The van der Waals surface area contributed by atoms with Crippen molar-refractivity contribution in [3.63, 3.8) is 0 Å². The van der Waals surface area contributed by atoms with Crippen LogP contribution in [0.1, 0.15) is 18.2 Å². The first-order valence-electron chi connectivity index (χ1n) is 9.28. The lowest BCUT2D eigenvalue weighted by molar-refractivity contribution is -0.137. The maximum atomic E-state index is 12.6. The van der Waals surface area contributed by atoms with Crippen molar-refractivity contribution in [1.29, 1.82) is 0 Å². The Morgan fingerprint density at radius 1 is 1.28 bits per heavy atom. The van der Waals surface area contributed by atoms with Crippen molar-refractivity contribution in [3.05, 3.63) is 53.9 Å². The van der Waals surface area contributed by atoms with Crippen LogP contribution in [-0.2, 0) is 19.8 Å². The summed E-state index contributed by atoms with van der Waals surface area (Å²) in [7, 11) is 3.87. The minimum Gasteiger partial charge on any atom is -0.491 e. The number of aliphatic hydroxyl groups is 1. The fourth-order valence-corrected chi connectivity index (χ4v) is 2.63. The van der Waals surface area contributed by atoms with Crippen LogP contribution in [0.15, 0.2) is 47.6 Å². The van der Waals surface area contributed by atoms with E-state index in [-0.39, 0.29) is 18.9 Å². The van der Waals surface area contributed by atoms with E-state index in [0.29, 0.717) is 19.0 Å². The highest BCUT2D eigenvalue weighted by molar-refractivity contribution is 5.79. The Balaban J connectivity index is 1.88. The third kappa shape index (κ3) is 7.01. The second-order valence-corrected chi connectivity index (χ2v) is 6.65. The Kier molecular flexibility index (Phi) is 7.95. The lowest BCUT2D eigenvalue weighted by Crippen LogP contribution is -2.39. The first-order chi connectivity index (χ1) is 13.7. The van der Waals surface area contributed by atoms with Gasteiger partial charge in [-0.25, -0.2) is 0 Å². The number of aliphatic hydroxyl groups excluding tert-OH is 1. The summed E-state index contributed by atoms with van der Waals surface area (Å²) in [6.45, 7) is 3.30. The molecule has 0 radical (unpaired) electrons. The van der Waals surface area contributed by atoms with Crippen LogP contribution in [0.3, 0.4) is 0 Å².